The van der Waals surface area contributed by atoms with Crippen molar-refractivity contribution in [2.75, 3.05) is 36.1 Å². The second kappa shape index (κ2) is 8.05. The van der Waals surface area contributed by atoms with E-state index in [9.17, 15) is 4.79 Å². The highest BCUT2D eigenvalue weighted by Crippen LogP contribution is 2.36. The quantitative estimate of drug-likeness (QED) is 0.783. The minimum atomic E-state index is -0.0682. The largest absolute Gasteiger partial charge is 0.379 e. The number of anilines is 2. The van der Waals surface area contributed by atoms with Crippen LogP contribution in [0.15, 0.2) is 24.3 Å². The fourth-order valence-corrected chi connectivity index (χ4v) is 4.27. The van der Waals surface area contributed by atoms with E-state index in [1.807, 2.05) is 43.0 Å². The summed E-state index contributed by atoms with van der Waals surface area (Å²) in [5.41, 5.74) is 2.81. The second-order valence-electron chi connectivity index (χ2n) is 7.41. The van der Waals surface area contributed by atoms with Gasteiger partial charge >= 0.3 is 0 Å². The monoisotopic (exact) mass is 400 g/mol. The maximum Gasteiger partial charge on any atom is 0.227 e. The third-order valence-corrected chi connectivity index (χ3v) is 5.65. The predicted octanol–water partition coefficient (Wildman–Crippen LogP) is 3.84. The van der Waals surface area contributed by atoms with Crippen LogP contribution in [0.4, 0.5) is 11.5 Å². The molecule has 6 nitrogen and oxygen atoms in total. The molecule has 2 saturated heterocycles. The molecule has 2 aliphatic rings. The fraction of sp³-hybridized carbons (Fsp3) is 0.476. The van der Waals surface area contributed by atoms with Crippen LogP contribution >= 0.6 is 11.6 Å². The Bertz CT molecular complexity index is 868. The molecule has 1 unspecified atom stereocenters. The van der Waals surface area contributed by atoms with Crippen molar-refractivity contribution in [2.24, 2.45) is 0 Å². The number of aryl methyl sites for hydroxylation is 2. The summed E-state index contributed by atoms with van der Waals surface area (Å²) in [5.74, 6) is 1.81. The Labute approximate surface area is 170 Å². The van der Waals surface area contributed by atoms with Crippen molar-refractivity contribution in [3.63, 3.8) is 0 Å². The van der Waals surface area contributed by atoms with Gasteiger partial charge in [0.05, 0.1) is 12.6 Å². The first-order valence-electron chi connectivity index (χ1n) is 9.79. The van der Waals surface area contributed by atoms with E-state index in [-0.39, 0.29) is 11.9 Å². The lowest BCUT2D eigenvalue weighted by atomic mass is 10.0. The molecule has 2 aromatic rings. The normalized spacial score (nSPS) is 20.5. The lowest BCUT2D eigenvalue weighted by Crippen LogP contribution is -2.32. The first-order chi connectivity index (χ1) is 13.5. The van der Waals surface area contributed by atoms with E-state index in [1.165, 1.54) is 0 Å². The van der Waals surface area contributed by atoms with Crippen LogP contribution in [0.5, 0.6) is 0 Å². The summed E-state index contributed by atoms with van der Waals surface area (Å²) in [6.45, 7) is 6.70. The minimum Gasteiger partial charge on any atom is -0.379 e. The highest BCUT2D eigenvalue weighted by atomic mass is 35.5. The molecule has 1 aromatic heterocycles. The van der Waals surface area contributed by atoms with Gasteiger partial charge in [0, 0.05) is 48.6 Å². The molecule has 0 radical (unpaired) electrons. The Morgan fingerprint density at radius 2 is 2.00 bits per heavy atom. The first-order valence-corrected chi connectivity index (χ1v) is 10.2. The van der Waals surface area contributed by atoms with Crippen molar-refractivity contribution in [3.8, 4) is 0 Å². The number of carbonyl (C=O) groups excluding carboxylic acids is 1. The number of ether oxygens (including phenoxy) is 1. The average Bonchev–Trinajstić information content (AvgIpc) is 2.94. The van der Waals surface area contributed by atoms with Crippen LogP contribution in [0.1, 0.15) is 42.4 Å². The SMILES string of the molecule is Cc1cc(N2CCCOCC2c2cc(N3CCCC3=O)ccc2Cl)nc(C)n1. The van der Waals surface area contributed by atoms with Gasteiger partial charge in [-0.15, -0.1) is 0 Å². The van der Waals surface area contributed by atoms with Crippen molar-refractivity contribution < 1.29 is 9.53 Å². The maximum atomic E-state index is 12.2. The maximum absolute atomic E-state index is 12.2. The number of benzene rings is 1. The number of amides is 1. The lowest BCUT2D eigenvalue weighted by molar-refractivity contribution is -0.117. The van der Waals surface area contributed by atoms with Gasteiger partial charge in [0.1, 0.15) is 11.6 Å². The van der Waals surface area contributed by atoms with Crippen LogP contribution in [-0.4, -0.2) is 42.2 Å². The van der Waals surface area contributed by atoms with Crippen LogP contribution in [0.2, 0.25) is 5.02 Å². The van der Waals surface area contributed by atoms with Gasteiger partial charge in [-0.1, -0.05) is 11.6 Å². The van der Waals surface area contributed by atoms with Gasteiger partial charge in [0.25, 0.3) is 0 Å². The van der Waals surface area contributed by atoms with Gasteiger partial charge in [0.15, 0.2) is 0 Å². The molecule has 4 rings (SSSR count). The summed E-state index contributed by atoms with van der Waals surface area (Å²) in [5, 5.41) is 0.679. The molecule has 0 N–H and O–H groups in total. The summed E-state index contributed by atoms with van der Waals surface area (Å²) in [4.78, 5) is 25.4. The molecular formula is C21H25ClN4O2. The van der Waals surface area contributed by atoms with Crippen molar-refractivity contribution in [2.45, 2.75) is 39.2 Å². The predicted molar refractivity (Wildman–Crippen MR) is 110 cm³/mol. The van der Waals surface area contributed by atoms with Crippen molar-refractivity contribution in [1.29, 1.82) is 0 Å². The van der Waals surface area contributed by atoms with Gasteiger partial charge in [0.2, 0.25) is 5.91 Å². The molecule has 2 fully saturated rings. The number of halogens is 1. The molecule has 1 amide bonds. The molecule has 0 spiro atoms. The van der Waals surface area contributed by atoms with Crippen molar-refractivity contribution >= 4 is 29.0 Å². The number of hydrogen-bond donors (Lipinski definition) is 0. The Kier molecular flexibility index (Phi) is 5.51. The Hall–Kier alpha value is -2.18. The second-order valence-corrected chi connectivity index (χ2v) is 7.81. The summed E-state index contributed by atoms with van der Waals surface area (Å²) in [6.07, 6.45) is 2.42. The Morgan fingerprint density at radius 3 is 2.75 bits per heavy atom. The molecule has 0 bridgehead atoms. The van der Waals surface area contributed by atoms with Crippen LogP contribution in [-0.2, 0) is 9.53 Å². The van der Waals surface area contributed by atoms with E-state index >= 15 is 0 Å². The number of nitrogens with zero attached hydrogens (tertiary/aromatic N) is 4. The molecule has 0 aliphatic carbocycles. The van der Waals surface area contributed by atoms with Crippen LogP contribution in [0, 0.1) is 13.8 Å². The standard InChI is InChI=1S/C21H25ClN4O2/c1-14-11-20(24-15(2)23-14)26-9-4-10-28-13-19(26)17-12-16(6-7-18(17)22)25-8-3-5-21(25)27/h6-7,11-12,19H,3-5,8-10,13H2,1-2H3. The molecule has 2 aliphatic heterocycles. The Balaban J connectivity index is 1.74. The number of carbonyl (C=O) groups is 1. The highest BCUT2D eigenvalue weighted by molar-refractivity contribution is 6.31. The summed E-state index contributed by atoms with van der Waals surface area (Å²) >= 11 is 6.62. The summed E-state index contributed by atoms with van der Waals surface area (Å²) < 4.78 is 5.89. The van der Waals surface area contributed by atoms with E-state index in [2.05, 4.69) is 14.9 Å². The van der Waals surface area contributed by atoms with Gasteiger partial charge in [-0.25, -0.2) is 9.97 Å². The zero-order valence-corrected chi connectivity index (χ0v) is 17.1. The van der Waals surface area contributed by atoms with Crippen LogP contribution in [0.3, 0.4) is 0 Å². The molecule has 7 heteroatoms. The first kappa shape index (κ1) is 19.2. The third kappa shape index (κ3) is 3.84. The Morgan fingerprint density at radius 1 is 1.14 bits per heavy atom. The topological polar surface area (TPSA) is 58.6 Å². The smallest absolute Gasteiger partial charge is 0.227 e. The number of aromatic nitrogens is 2. The highest BCUT2D eigenvalue weighted by Gasteiger charge is 2.29. The van der Waals surface area contributed by atoms with E-state index in [4.69, 9.17) is 16.3 Å². The molecule has 1 aromatic carbocycles. The zero-order valence-electron chi connectivity index (χ0n) is 16.3. The molecule has 28 heavy (non-hydrogen) atoms. The molecule has 1 atom stereocenters. The van der Waals surface area contributed by atoms with E-state index in [0.29, 0.717) is 24.7 Å². The zero-order chi connectivity index (χ0) is 19.7. The van der Waals surface area contributed by atoms with Gasteiger partial charge in [-0.2, -0.15) is 0 Å². The third-order valence-electron chi connectivity index (χ3n) is 5.31. The van der Waals surface area contributed by atoms with E-state index in [0.717, 1.165) is 54.5 Å². The van der Waals surface area contributed by atoms with Crippen molar-refractivity contribution in [3.05, 3.63) is 46.4 Å². The van der Waals surface area contributed by atoms with Gasteiger partial charge < -0.3 is 14.5 Å². The fourth-order valence-electron chi connectivity index (χ4n) is 4.03. The van der Waals surface area contributed by atoms with Gasteiger partial charge in [-0.05, 0) is 50.5 Å². The minimum absolute atomic E-state index is 0.0682. The van der Waals surface area contributed by atoms with E-state index < -0.39 is 0 Å². The summed E-state index contributed by atoms with van der Waals surface area (Å²) in [6, 6.07) is 7.79. The van der Waals surface area contributed by atoms with Crippen LogP contribution < -0.4 is 9.80 Å². The van der Waals surface area contributed by atoms with Crippen LogP contribution in [0.25, 0.3) is 0 Å². The number of hydrogen-bond acceptors (Lipinski definition) is 5. The van der Waals surface area contributed by atoms with Crippen molar-refractivity contribution in [1.82, 2.24) is 9.97 Å². The molecular weight excluding hydrogens is 376 g/mol. The van der Waals surface area contributed by atoms with Gasteiger partial charge in [-0.3, -0.25) is 4.79 Å². The molecule has 148 valence electrons. The molecule has 3 heterocycles. The average molecular weight is 401 g/mol. The molecule has 0 saturated carbocycles. The summed E-state index contributed by atoms with van der Waals surface area (Å²) in [7, 11) is 0. The number of rotatable bonds is 3. The lowest BCUT2D eigenvalue weighted by Gasteiger charge is -2.32. The van der Waals surface area contributed by atoms with E-state index in [1.54, 1.807) is 0 Å².